The number of aliphatic carboxylic acids is 1. The van der Waals surface area contributed by atoms with Gasteiger partial charge in [0.2, 0.25) is 5.91 Å². The lowest BCUT2D eigenvalue weighted by Gasteiger charge is -2.30. The van der Waals surface area contributed by atoms with Gasteiger partial charge in [-0.1, -0.05) is 48.5 Å². The number of hydrogen-bond acceptors (Lipinski definition) is 6. The number of ether oxygens (including phenoxy) is 2. The van der Waals surface area contributed by atoms with E-state index in [-0.39, 0.29) is 25.6 Å². The molecule has 0 saturated carbocycles. The standard InChI is InChI=1S/C26H33N3O6/c1-26(16-34-4,24(32)27-22(23(30)31)13-14-29(2)3)28-25(33)35-15-21-19-11-7-5-9-17(19)18-10-6-8-12-20(18)21/h5-12,21-22H,13-16H2,1-4H3,(H,27,32)(H,28,33)(H,30,31). The zero-order valence-electron chi connectivity index (χ0n) is 20.5. The van der Waals surface area contributed by atoms with E-state index < -0.39 is 29.6 Å². The highest BCUT2D eigenvalue weighted by molar-refractivity contribution is 5.92. The van der Waals surface area contributed by atoms with E-state index in [2.05, 4.69) is 10.6 Å². The fourth-order valence-corrected chi connectivity index (χ4v) is 4.27. The Bertz CT molecular complexity index is 1030. The number of carbonyl (C=O) groups excluding carboxylic acids is 2. The molecule has 188 valence electrons. The quantitative estimate of drug-likeness (QED) is 0.449. The van der Waals surface area contributed by atoms with Crippen molar-refractivity contribution in [2.75, 3.05) is 41.0 Å². The number of carboxylic acid groups (broad SMARTS) is 1. The summed E-state index contributed by atoms with van der Waals surface area (Å²) in [5.74, 6) is -1.95. The van der Waals surface area contributed by atoms with E-state index in [4.69, 9.17) is 9.47 Å². The number of amides is 2. The molecule has 0 saturated heterocycles. The van der Waals surface area contributed by atoms with Crippen LogP contribution in [-0.2, 0) is 19.1 Å². The van der Waals surface area contributed by atoms with Crippen LogP contribution in [0.5, 0.6) is 0 Å². The van der Waals surface area contributed by atoms with Crippen LogP contribution >= 0.6 is 0 Å². The Kier molecular flexibility index (Phi) is 8.48. The molecule has 0 bridgehead atoms. The van der Waals surface area contributed by atoms with Crippen LogP contribution in [0.4, 0.5) is 4.79 Å². The van der Waals surface area contributed by atoms with E-state index in [0.717, 1.165) is 22.3 Å². The number of nitrogens with one attached hydrogen (secondary N) is 2. The number of benzene rings is 2. The monoisotopic (exact) mass is 483 g/mol. The number of carboxylic acids is 1. The van der Waals surface area contributed by atoms with Crippen molar-refractivity contribution in [3.8, 4) is 11.1 Å². The maximum absolute atomic E-state index is 13.0. The first kappa shape index (κ1) is 26.2. The molecule has 0 radical (unpaired) electrons. The van der Waals surface area contributed by atoms with Crippen LogP contribution in [0.15, 0.2) is 48.5 Å². The lowest BCUT2D eigenvalue weighted by Crippen LogP contribution is -2.62. The third-order valence-electron chi connectivity index (χ3n) is 6.12. The molecule has 0 fully saturated rings. The van der Waals surface area contributed by atoms with Crippen molar-refractivity contribution in [3.63, 3.8) is 0 Å². The van der Waals surface area contributed by atoms with E-state index in [1.54, 1.807) is 0 Å². The Morgan fingerprint density at radius 2 is 1.63 bits per heavy atom. The van der Waals surface area contributed by atoms with E-state index in [1.807, 2.05) is 67.5 Å². The van der Waals surface area contributed by atoms with Crippen LogP contribution in [0, 0.1) is 0 Å². The Labute approximate surface area is 205 Å². The molecule has 9 heteroatoms. The smallest absolute Gasteiger partial charge is 0.408 e. The van der Waals surface area contributed by atoms with Crippen LogP contribution in [0.25, 0.3) is 11.1 Å². The molecule has 0 aromatic heterocycles. The summed E-state index contributed by atoms with van der Waals surface area (Å²) in [6.45, 7) is 1.87. The highest BCUT2D eigenvalue weighted by atomic mass is 16.5. The SMILES string of the molecule is COCC(C)(NC(=O)OCC1c2ccccc2-c2ccccc21)C(=O)NC(CCN(C)C)C(=O)O. The molecular formula is C26H33N3O6. The van der Waals surface area contributed by atoms with Crippen molar-refractivity contribution in [2.24, 2.45) is 0 Å². The predicted molar refractivity (Wildman–Crippen MR) is 131 cm³/mol. The van der Waals surface area contributed by atoms with Gasteiger partial charge in [-0.05, 0) is 49.7 Å². The maximum atomic E-state index is 13.0. The second-order valence-electron chi connectivity index (χ2n) is 9.17. The number of rotatable bonds is 11. The second kappa shape index (κ2) is 11.3. The molecule has 35 heavy (non-hydrogen) atoms. The van der Waals surface area contributed by atoms with Gasteiger partial charge in [0.1, 0.15) is 18.2 Å². The molecule has 2 aromatic rings. The van der Waals surface area contributed by atoms with Gasteiger partial charge in [-0.2, -0.15) is 0 Å². The minimum absolute atomic E-state index is 0.0884. The van der Waals surface area contributed by atoms with Crippen molar-refractivity contribution in [2.45, 2.75) is 30.8 Å². The van der Waals surface area contributed by atoms with E-state index in [0.29, 0.717) is 6.54 Å². The van der Waals surface area contributed by atoms with Gasteiger partial charge in [0, 0.05) is 19.6 Å². The molecule has 2 aromatic carbocycles. The zero-order chi connectivity index (χ0) is 25.6. The molecule has 1 aliphatic rings. The number of nitrogens with zero attached hydrogens (tertiary/aromatic N) is 1. The first-order chi connectivity index (χ1) is 16.7. The van der Waals surface area contributed by atoms with E-state index >= 15 is 0 Å². The normalized spacial score (nSPS) is 15.0. The minimum Gasteiger partial charge on any atom is -0.480 e. The van der Waals surface area contributed by atoms with Gasteiger partial charge in [-0.25, -0.2) is 9.59 Å². The first-order valence-electron chi connectivity index (χ1n) is 11.5. The number of carbonyl (C=O) groups is 3. The predicted octanol–water partition coefficient (Wildman–Crippen LogP) is 2.45. The Morgan fingerprint density at radius 1 is 1.06 bits per heavy atom. The summed E-state index contributed by atoms with van der Waals surface area (Å²) in [5.41, 5.74) is 2.84. The number of fused-ring (bicyclic) bond motifs is 3. The average Bonchev–Trinajstić information content (AvgIpc) is 3.13. The van der Waals surface area contributed by atoms with Gasteiger partial charge < -0.3 is 30.1 Å². The topological polar surface area (TPSA) is 117 Å². The molecule has 0 aliphatic heterocycles. The summed E-state index contributed by atoms with van der Waals surface area (Å²) in [6.07, 6.45) is -0.580. The molecule has 2 atom stereocenters. The van der Waals surface area contributed by atoms with Crippen LogP contribution in [0.3, 0.4) is 0 Å². The van der Waals surface area contributed by atoms with Crippen molar-refractivity contribution in [1.82, 2.24) is 15.5 Å². The summed E-state index contributed by atoms with van der Waals surface area (Å²) in [7, 11) is 5.02. The third-order valence-corrected chi connectivity index (χ3v) is 6.12. The van der Waals surface area contributed by atoms with Crippen LogP contribution in [0.1, 0.15) is 30.4 Å². The zero-order valence-corrected chi connectivity index (χ0v) is 20.5. The van der Waals surface area contributed by atoms with Crippen molar-refractivity contribution in [3.05, 3.63) is 59.7 Å². The molecule has 2 unspecified atom stereocenters. The van der Waals surface area contributed by atoms with Gasteiger partial charge in [0.15, 0.2) is 0 Å². The summed E-state index contributed by atoms with van der Waals surface area (Å²) in [4.78, 5) is 39.2. The lowest BCUT2D eigenvalue weighted by molar-refractivity contribution is -0.143. The van der Waals surface area contributed by atoms with Gasteiger partial charge >= 0.3 is 12.1 Å². The van der Waals surface area contributed by atoms with Gasteiger partial charge in [-0.3, -0.25) is 4.79 Å². The van der Waals surface area contributed by atoms with Crippen LogP contribution in [0.2, 0.25) is 0 Å². The van der Waals surface area contributed by atoms with Crippen molar-refractivity contribution in [1.29, 1.82) is 0 Å². The van der Waals surface area contributed by atoms with Crippen LogP contribution < -0.4 is 10.6 Å². The van der Waals surface area contributed by atoms with E-state index in [9.17, 15) is 19.5 Å². The van der Waals surface area contributed by atoms with Gasteiger partial charge in [0.25, 0.3) is 0 Å². The summed E-state index contributed by atoms with van der Waals surface area (Å²) in [5, 5.41) is 14.6. The third kappa shape index (κ3) is 6.17. The van der Waals surface area contributed by atoms with Gasteiger partial charge in [-0.15, -0.1) is 0 Å². The number of methoxy groups -OCH3 is 1. The molecule has 2 amide bonds. The molecule has 3 rings (SSSR count). The number of hydrogen-bond donors (Lipinski definition) is 3. The molecule has 0 heterocycles. The van der Waals surface area contributed by atoms with Crippen LogP contribution in [-0.4, -0.2) is 80.5 Å². The maximum Gasteiger partial charge on any atom is 0.408 e. The molecule has 3 N–H and O–H groups in total. The average molecular weight is 484 g/mol. The van der Waals surface area contributed by atoms with Crippen molar-refractivity contribution >= 4 is 18.0 Å². The minimum atomic E-state index is -1.52. The first-order valence-corrected chi connectivity index (χ1v) is 11.5. The van der Waals surface area contributed by atoms with Gasteiger partial charge in [0.05, 0.1) is 6.61 Å². The molecule has 0 spiro atoms. The summed E-state index contributed by atoms with van der Waals surface area (Å²) in [6, 6.07) is 14.9. The fourth-order valence-electron chi connectivity index (χ4n) is 4.27. The Morgan fingerprint density at radius 3 is 2.14 bits per heavy atom. The lowest BCUT2D eigenvalue weighted by atomic mass is 9.98. The van der Waals surface area contributed by atoms with E-state index in [1.165, 1.54) is 14.0 Å². The summed E-state index contributed by atoms with van der Waals surface area (Å²) < 4.78 is 10.7. The molecule has 1 aliphatic carbocycles. The second-order valence-corrected chi connectivity index (χ2v) is 9.17. The highest BCUT2D eigenvalue weighted by Crippen LogP contribution is 2.44. The molecular weight excluding hydrogens is 450 g/mol. The Hall–Kier alpha value is -3.43. The summed E-state index contributed by atoms with van der Waals surface area (Å²) >= 11 is 0. The fraction of sp³-hybridized carbons (Fsp3) is 0.423. The number of alkyl carbamates (subject to hydrolysis) is 1. The van der Waals surface area contributed by atoms with Crippen molar-refractivity contribution < 1.29 is 29.0 Å². The Balaban J connectivity index is 1.67. The largest absolute Gasteiger partial charge is 0.480 e. The highest BCUT2D eigenvalue weighted by Gasteiger charge is 2.38. The molecule has 9 nitrogen and oxygen atoms in total.